The highest BCUT2D eigenvalue weighted by Gasteiger charge is 2.24. The molecule has 0 saturated carbocycles. The molecule has 0 N–H and O–H groups in total. The first kappa shape index (κ1) is 11.4. The second-order valence-corrected chi connectivity index (χ2v) is 6.39. The number of hydrogen-bond acceptors (Lipinski definition) is 4. The van der Waals surface area contributed by atoms with E-state index >= 15 is 0 Å². The minimum atomic E-state index is -2.82. The summed E-state index contributed by atoms with van der Waals surface area (Å²) in [5.74, 6) is 1.04. The van der Waals surface area contributed by atoms with E-state index in [4.69, 9.17) is 4.74 Å². The molecule has 1 aliphatic rings. The van der Waals surface area contributed by atoms with Crippen molar-refractivity contribution in [2.45, 2.75) is 25.9 Å². The van der Waals surface area contributed by atoms with E-state index in [0.29, 0.717) is 18.7 Å². The van der Waals surface area contributed by atoms with Gasteiger partial charge in [-0.2, -0.15) is 0 Å². The van der Waals surface area contributed by atoms with Crippen molar-refractivity contribution < 1.29 is 13.2 Å². The van der Waals surface area contributed by atoms with Gasteiger partial charge in [-0.25, -0.2) is 13.4 Å². The average Bonchev–Trinajstić information content (AvgIpc) is 2.21. The van der Waals surface area contributed by atoms with E-state index in [0.717, 1.165) is 5.69 Å². The molecule has 0 amide bonds. The van der Waals surface area contributed by atoms with E-state index in [2.05, 4.69) is 4.98 Å². The number of nitrogens with zero attached hydrogens (tertiary/aromatic N) is 1. The van der Waals surface area contributed by atoms with Crippen molar-refractivity contribution >= 4 is 9.84 Å². The van der Waals surface area contributed by atoms with E-state index < -0.39 is 9.84 Å². The van der Waals surface area contributed by atoms with Crippen LogP contribution in [0.4, 0.5) is 0 Å². The Labute approximate surface area is 95.6 Å². The number of rotatable bonds is 2. The van der Waals surface area contributed by atoms with Crippen LogP contribution in [-0.2, 0) is 9.84 Å². The van der Waals surface area contributed by atoms with Crippen molar-refractivity contribution in [3.05, 3.63) is 23.9 Å². The Morgan fingerprint density at radius 3 is 2.62 bits per heavy atom. The van der Waals surface area contributed by atoms with Crippen LogP contribution in [0.15, 0.2) is 18.2 Å². The number of sulfone groups is 1. The van der Waals surface area contributed by atoms with Crippen molar-refractivity contribution in [3.8, 4) is 5.88 Å². The molecule has 1 aromatic heterocycles. The van der Waals surface area contributed by atoms with Crippen LogP contribution in [-0.4, -0.2) is 31.0 Å². The second-order valence-electron chi connectivity index (χ2n) is 4.09. The molecule has 5 heteroatoms. The largest absolute Gasteiger partial charge is 0.474 e. The Morgan fingerprint density at radius 2 is 2.00 bits per heavy atom. The van der Waals surface area contributed by atoms with E-state index in [9.17, 15) is 8.42 Å². The Balaban J connectivity index is 1.97. The highest BCUT2D eigenvalue weighted by atomic mass is 32.2. The number of aryl methyl sites for hydroxylation is 1. The standard InChI is InChI=1S/C11H15NO3S/c1-9-3-2-4-11(12-9)15-10-5-7-16(13,14)8-6-10/h2-4,10H,5-8H2,1H3. The molecule has 4 nitrogen and oxygen atoms in total. The molecule has 0 bridgehead atoms. The SMILES string of the molecule is Cc1cccc(OC2CCS(=O)(=O)CC2)n1. The van der Waals surface area contributed by atoms with Gasteiger partial charge in [0.2, 0.25) is 5.88 Å². The highest BCUT2D eigenvalue weighted by Crippen LogP contribution is 2.18. The highest BCUT2D eigenvalue weighted by molar-refractivity contribution is 7.91. The predicted molar refractivity (Wildman–Crippen MR) is 61.3 cm³/mol. The van der Waals surface area contributed by atoms with Crippen molar-refractivity contribution in [2.24, 2.45) is 0 Å². The number of ether oxygens (including phenoxy) is 1. The van der Waals surface area contributed by atoms with Gasteiger partial charge < -0.3 is 4.74 Å². The third kappa shape index (κ3) is 2.95. The van der Waals surface area contributed by atoms with E-state index in [1.807, 2.05) is 19.1 Å². The lowest BCUT2D eigenvalue weighted by atomic mass is 10.2. The van der Waals surface area contributed by atoms with Crippen LogP contribution in [0.5, 0.6) is 5.88 Å². The molecular formula is C11H15NO3S. The molecule has 0 unspecified atom stereocenters. The molecule has 2 heterocycles. The van der Waals surface area contributed by atoms with Gasteiger partial charge in [-0.15, -0.1) is 0 Å². The van der Waals surface area contributed by atoms with Gasteiger partial charge in [0, 0.05) is 11.8 Å². The first-order valence-corrected chi connectivity index (χ1v) is 7.18. The van der Waals surface area contributed by atoms with Gasteiger partial charge in [-0.3, -0.25) is 0 Å². The van der Waals surface area contributed by atoms with Gasteiger partial charge in [-0.05, 0) is 25.8 Å². The maximum atomic E-state index is 11.2. The molecule has 1 fully saturated rings. The molecule has 0 radical (unpaired) electrons. The maximum Gasteiger partial charge on any atom is 0.213 e. The maximum absolute atomic E-state index is 11.2. The molecule has 0 aliphatic carbocycles. The summed E-state index contributed by atoms with van der Waals surface area (Å²) in [4.78, 5) is 4.23. The zero-order valence-corrected chi connectivity index (χ0v) is 10.0. The predicted octanol–water partition coefficient (Wildman–Crippen LogP) is 1.35. The summed E-state index contributed by atoms with van der Waals surface area (Å²) in [6.07, 6.45) is 1.12. The minimum Gasteiger partial charge on any atom is -0.474 e. The molecular weight excluding hydrogens is 226 g/mol. The fraction of sp³-hybridized carbons (Fsp3) is 0.545. The molecule has 1 saturated heterocycles. The van der Waals surface area contributed by atoms with Gasteiger partial charge in [0.15, 0.2) is 9.84 Å². The number of hydrogen-bond donors (Lipinski definition) is 0. The van der Waals surface area contributed by atoms with Crippen LogP contribution in [0.2, 0.25) is 0 Å². The van der Waals surface area contributed by atoms with Crippen LogP contribution < -0.4 is 4.74 Å². The van der Waals surface area contributed by atoms with Crippen molar-refractivity contribution in [3.63, 3.8) is 0 Å². The quantitative estimate of drug-likeness (QED) is 0.784. The molecule has 16 heavy (non-hydrogen) atoms. The molecule has 1 aromatic rings. The number of aromatic nitrogens is 1. The monoisotopic (exact) mass is 241 g/mol. The second kappa shape index (κ2) is 4.41. The third-order valence-corrected chi connectivity index (χ3v) is 4.37. The molecule has 0 spiro atoms. The van der Waals surface area contributed by atoms with E-state index in [1.165, 1.54) is 0 Å². The molecule has 2 rings (SSSR count). The molecule has 0 aromatic carbocycles. The summed E-state index contributed by atoms with van der Waals surface area (Å²) in [5.41, 5.74) is 0.904. The molecule has 0 atom stereocenters. The Kier molecular flexibility index (Phi) is 3.14. The Bertz CT molecular complexity index is 456. The lowest BCUT2D eigenvalue weighted by Gasteiger charge is -2.22. The first-order valence-electron chi connectivity index (χ1n) is 5.36. The van der Waals surface area contributed by atoms with Crippen molar-refractivity contribution in [2.75, 3.05) is 11.5 Å². The van der Waals surface area contributed by atoms with E-state index in [-0.39, 0.29) is 17.6 Å². The Morgan fingerprint density at radius 1 is 1.31 bits per heavy atom. The summed E-state index contributed by atoms with van der Waals surface area (Å²) in [6.45, 7) is 1.90. The summed E-state index contributed by atoms with van der Waals surface area (Å²) in [6, 6.07) is 5.59. The normalized spacial score (nSPS) is 20.6. The van der Waals surface area contributed by atoms with Crippen LogP contribution >= 0.6 is 0 Å². The van der Waals surface area contributed by atoms with Crippen molar-refractivity contribution in [1.82, 2.24) is 4.98 Å². The van der Waals surface area contributed by atoms with E-state index in [1.54, 1.807) is 6.07 Å². The van der Waals surface area contributed by atoms with Gasteiger partial charge >= 0.3 is 0 Å². The number of pyridine rings is 1. The van der Waals surface area contributed by atoms with Gasteiger partial charge in [0.1, 0.15) is 6.10 Å². The third-order valence-electron chi connectivity index (χ3n) is 2.65. The van der Waals surface area contributed by atoms with Gasteiger partial charge in [0.25, 0.3) is 0 Å². The average molecular weight is 241 g/mol. The Hall–Kier alpha value is -1.10. The lowest BCUT2D eigenvalue weighted by molar-refractivity contribution is 0.181. The van der Waals surface area contributed by atoms with Crippen LogP contribution in [0, 0.1) is 6.92 Å². The van der Waals surface area contributed by atoms with Crippen LogP contribution in [0.25, 0.3) is 0 Å². The smallest absolute Gasteiger partial charge is 0.213 e. The van der Waals surface area contributed by atoms with Crippen LogP contribution in [0.3, 0.4) is 0 Å². The topological polar surface area (TPSA) is 56.3 Å². The summed E-state index contributed by atoms with van der Waals surface area (Å²) in [5, 5.41) is 0. The summed E-state index contributed by atoms with van der Waals surface area (Å²) < 4.78 is 28.1. The summed E-state index contributed by atoms with van der Waals surface area (Å²) in [7, 11) is -2.82. The van der Waals surface area contributed by atoms with Gasteiger partial charge in [0.05, 0.1) is 11.5 Å². The first-order chi connectivity index (χ1) is 7.55. The van der Waals surface area contributed by atoms with Crippen LogP contribution in [0.1, 0.15) is 18.5 Å². The van der Waals surface area contributed by atoms with Gasteiger partial charge in [-0.1, -0.05) is 6.07 Å². The molecule has 88 valence electrons. The summed E-state index contributed by atoms with van der Waals surface area (Å²) >= 11 is 0. The van der Waals surface area contributed by atoms with Crippen molar-refractivity contribution in [1.29, 1.82) is 0 Å². The lowest BCUT2D eigenvalue weighted by Crippen LogP contribution is -2.30. The fourth-order valence-electron chi connectivity index (χ4n) is 1.74. The minimum absolute atomic E-state index is 0.0159. The zero-order chi connectivity index (χ0) is 11.6. The zero-order valence-electron chi connectivity index (χ0n) is 9.22. The fourth-order valence-corrected chi connectivity index (χ4v) is 3.19. The molecule has 1 aliphatic heterocycles.